The van der Waals surface area contributed by atoms with E-state index in [2.05, 4.69) is 10.6 Å². The van der Waals surface area contributed by atoms with Gasteiger partial charge in [-0.25, -0.2) is 0 Å². The van der Waals surface area contributed by atoms with Gasteiger partial charge >= 0.3 is 0 Å². The molecular formula is C18H21ClN2O2. The molecule has 0 aliphatic carbocycles. The van der Waals surface area contributed by atoms with Crippen molar-refractivity contribution in [2.45, 2.75) is 20.8 Å². The van der Waals surface area contributed by atoms with Crippen molar-refractivity contribution < 1.29 is 9.53 Å². The second kappa shape index (κ2) is 7.38. The molecule has 0 saturated heterocycles. The van der Waals surface area contributed by atoms with Crippen molar-refractivity contribution in [2.24, 2.45) is 0 Å². The van der Waals surface area contributed by atoms with Gasteiger partial charge in [0, 0.05) is 0 Å². The number of hydrogen-bond acceptors (Lipinski definition) is 3. The van der Waals surface area contributed by atoms with E-state index in [-0.39, 0.29) is 12.5 Å². The molecule has 0 bridgehead atoms. The van der Waals surface area contributed by atoms with Gasteiger partial charge in [0.25, 0.3) is 0 Å². The summed E-state index contributed by atoms with van der Waals surface area (Å²) in [6.45, 7) is 6.03. The van der Waals surface area contributed by atoms with Crippen LogP contribution in [0.2, 0.25) is 5.02 Å². The highest BCUT2D eigenvalue weighted by Gasteiger charge is 2.10. The molecule has 0 spiro atoms. The molecule has 122 valence electrons. The minimum Gasteiger partial charge on any atom is -0.495 e. The molecule has 0 aliphatic rings. The third-order valence-electron chi connectivity index (χ3n) is 3.49. The summed E-state index contributed by atoms with van der Waals surface area (Å²) in [6.07, 6.45) is 0. The molecule has 0 aromatic heterocycles. The second-order valence-corrected chi connectivity index (χ2v) is 5.95. The molecule has 0 aliphatic heterocycles. The van der Waals surface area contributed by atoms with Crippen LogP contribution < -0.4 is 15.4 Å². The fourth-order valence-corrected chi connectivity index (χ4v) is 2.81. The predicted molar refractivity (Wildman–Crippen MR) is 95.8 cm³/mol. The van der Waals surface area contributed by atoms with Crippen LogP contribution in [0.4, 0.5) is 11.4 Å². The molecule has 2 aromatic rings. The number of methoxy groups -OCH3 is 1. The van der Waals surface area contributed by atoms with Crippen molar-refractivity contribution in [3.8, 4) is 5.75 Å². The van der Waals surface area contributed by atoms with Crippen molar-refractivity contribution in [3.05, 3.63) is 52.0 Å². The Morgan fingerprint density at radius 1 is 1.13 bits per heavy atom. The maximum atomic E-state index is 12.2. The maximum Gasteiger partial charge on any atom is 0.243 e. The third-order valence-corrected chi connectivity index (χ3v) is 3.78. The second-order valence-electron chi connectivity index (χ2n) is 5.54. The largest absolute Gasteiger partial charge is 0.495 e. The molecule has 0 saturated carbocycles. The summed E-state index contributed by atoms with van der Waals surface area (Å²) >= 11 is 6.23. The number of benzene rings is 2. The van der Waals surface area contributed by atoms with E-state index in [0.29, 0.717) is 16.5 Å². The highest BCUT2D eigenvalue weighted by Crippen LogP contribution is 2.28. The van der Waals surface area contributed by atoms with Crippen LogP contribution in [0.5, 0.6) is 5.75 Å². The Balaban J connectivity index is 2.05. The van der Waals surface area contributed by atoms with Crippen LogP contribution in [0.3, 0.4) is 0 Å². The van der Waals surface area contributed by atoms with E-state index < -0.39 is 0 Å². The van der Waals surface area contributed by atoms with Gasteiger partial charge in [-0.15, -0.1) is 0 Å². The Bertz CT molecular complexity index is 706. The molecular weight excluding hydrogens is 312 g/mol. The van der Waals surface area contributed by atoms with Gasteiger partial charge in [-0.1, -0.05) is 23.7 Å². The van der Waals surface area contributed by atoms with E-state index in [1.165, 1.54) is 0 Å². The van der Waals surface area contributed by atoms with Gasteiger partial charge in [-0.05, 0) is 55.7 Å². The molecule has 0 radical (unpaired) electrons. The fourth-order valence-electron chi connectivity index (χ4n) is 2.42. The van der Waals surface area contributed by atoms with Crippen LogP contribution in [0.1, 0.15) is 16.7 Å². The third kappa shape index (κ3) is 4.39. The van der Waals surface area contributed by atoms with Crippen LogP contribution >= 0.6 is 11.6 Å². The number of hydrogen-bond donors (Lipinski definition) is 2. The zero-order chi connectivity index (χ0) is 17.0. The standard InChI is InChI=1S/C18H21ClN2O2/c1-11-5-6-16(23-4)15(9-11)21-17(22)10-20-18-13(3)7-12(2)8-14(18)19/h5-9,20H,10H2,1-4H3,(H,21,22). The van der Waals surface area contributed by atoms with E-state index >= 15 is 0 Å². The lowest BCUT2D eigenvalue weighted by Gasteiger charge is -2.14. The predicted octanol–water partition coefficient (Wildman–Crippen LogP) is 4.32. The summed E-state index contributed by atoms with van der Waals surface area (Å²) in [6, 6.07) is 9.54. The van der Waals surface area contributed by atoms with Crippen LogP contribution in [0.25, 0.3) is 0 Å². The van der Waals surface area contributed by atoms with Gasteiger partial charge in [-0.3, -0.25) is 4.79 Å². The van der Waals surface area contributed by atoms with Crippen molar-refractivity contribution >= 4 is 28.9 Å². The number of carbonyl (C=O) groups excluding carboxylic acids is 1. The molecule has 0 fully saturated rings. The molecule has 4 nitrogen and oxygen atoms in total. The molecule has 0 atom stereocenters. The summed E-state index contributed by atoms with van der Waals surface area (Å²) in [4.78, 5) is 12.2. The normalized spacial score (nSPS) is 10.3. The van der Waals surface area contributed by atoms with Gasteiger partial charge in [0.1, 0.15) is 5.75 Å². The van der Waals surface area contributed by atoms with E-state index in [1.54, 1.807) is 7.11 Å². The summed E-state index contributed by atoms with van der Waals surface area (Å²) in [5.41, 5.74) is 4.59. The summed E-state index contributed by atoms with van der Waals surface area (Å²) in [5, 5.41) is 6.56. The van der Waals surface area contributed by atoms with Gasteiger partial charge in [0.2, 0.25) is 5.91 Å². The number of aryl methyl sites for hydroxylation is 3. The Morgan fingerprint density at radius 3 is 2.52 bits per heavy atom. The summed E-state index contributed by atoms with van der Waals surface area (Å²) in [7, 11) is 1.58. The van der Waals surface area contributed by atoms with Crippen molar-refractivity contribution in [2.75, 3.05) is 24.3 Å². The first-order valence-electron chi connectivity index (χ1n) is 7.36. The van der Waals surface area contributed by atoms with E-state index in [0.717, 1.165) is 22.4 Å². The Morgan fingerprint density at radius 2 is 1.87 bits per heavy atom. The lowest BCUT2D eigenvalue weighted by Crippen LogP contribution is -2.22. The van der Waals surface area contributed by atoms with Crippen molar-refractivity contribution in [1.29, 1.82) is 0 Å². The highest BCUT2D eigenvalue weighted by atomic mass is 35.5. The first-order chi connectivity index (χ1) is 10.9. The van der Waals surface area contributed by atoms with Gasteiger partial charge < -0.3 is 15.4 Å². The number of anilines is 2. The van der Waals surface area contributed by atoms with E-state index in [9.17, 15) is 4.79 Å². The van der Waals surface area contributed by atoms with Crippen LogP contribution in [0, 0.1) is 20.8 Å². The number of nitrogens with one attached hydrogen (secondary N) is 2. The quantitative estimate of drug-likeness (QED) is 0.857. The van der Waals surface area contributed by atoms with Crippen molar-refractivity contribution in [1.82, 2.24) is 0 Å². The zero-order valence-electron chi connectivity index (χ0n) is 13.8. The van der Waals surface area contributed by atoms with Crippen LogP contribution in [0.15, 0.2) is 30.3 Å². The van der Waals surface area contributed by atoms with E-state index in [4.69, 9.17) is 16.3 Å². The molecule has 2 aromatic carbocycles. The van der Waals surface area contributed by atoms with Gasteiger partial charge in [0.15, 0.2) is 0 Å². The zero-order valence-corrected chi connectivity index (χ0v) is 14.5. The Labute approximate surface area is 141 Å². The monoisotopic (exact) mass is 332 g/mol. The Kier molecular flexibility index (Phi) is 5.50. The number of amides is 1. The first kappa shape index (κ1) is 17.2. The van der Waals surface area contributed by atoms with E-state index in [1.807, 2.05) is 51.1 Å². The topological polar surface area (TPSA) is 50.4 Å². The first-order valence-corrected chi connectivity index (χ1v) is 7.73. The SMILES string of the molecule is COc1ccc(C)cc1NC(=O)CNc1c(C)cc(C)cc1Cl. The van der Waals surface area contributed by atoms with Crippen LogP contribution in [-0.4, -0.2) is 19.6 Å². The highest BCUT2D eigenvalue weighted by molar-refractivity contribution is 6.33. The maximum absolute atomic E-state index is 12.2. The molecule has 2 N–H and O–H groups in total. The molecule has 0 unspecified atom stereocenters. The van der Waals surface area contributed by atoms with Crippen LogP contribution in [-0.2, 0) is 4.79 Å². The van der Waals surface area contributed by atoms with Crippen molar-refractivity contribution in [3.63, 3.8) is 0 Å². The number of halogens is 1. The molecule has 2 rings (SSSR count). The smallest absolute Gasteiger partial charge is 0.243 e. The average molecular weight is 333 g/mol. The van der Waals surface area contributed by atoms with Gasteiger partial charge in [-0.2, -0.15) is 0 Å². The minimum absolute atomic E-state index is 0.126. The Hall–Kier alpha value is -2.20. The molecule has 5 heteroatoms. The summed E-state index contributed by atoms with van der Waals surface area (Å²) in [5.74, 6) is 0.471. The van der Waals surface area contributed by atoms with Gasteiger partial charge in [0.05, 0.1) is 30.1 Å². The minimum atomic E-state index is -0.162. The molecule has 1 amide bonds. The number of rotatable bonds is 5. The lowest BCUT2D eigenvalue weighted by molar-refractivity contribution is -0.114. The lowest BCUT2D eigenvalue weighted by atomic mass is 10.1. The average Bonchev–Trinajstić information content (AvgIpc) is 2.46. The molecule has 23 heavy (non-hydrogen) atoms. The fraction of sp³-hybridized carbons (Fsp3) is 0.278. The summed E-state index contributed by atoms with van der Waals surface area (Å²) < 4.78 is 5.26. The number of ether oxygens (including phenoxy) is 1. The molecule has 0 heterocycles. The number of carbonyl (C=O) groups is 1.